The van der Waals surface area contributed by atoms with Crippen molar-refractivity contribution in [1.82, 2.24) is 14.9 Å². The van der Waals surface area contributed by atoms with Crippen LogP contribution in [-0.4, -0.2) is 27.7 Å². The predicted molar refractivity (Wildman–Crippen MR) is 115 cm³/mol. The molecule has 3 aromatic rings. The number of nitrogens with one attached hydrogen (secondary N) is 1. The Kier molecular flexibility index (Phi) is 4.43. The highest BCUT2D eigenvalue weighted by Crippen LogP contribution is 2.46. The molecule has 150 valence electrons. The SMILES string of the molecule is CC1(c2nc3ccc(-c4ccc(O)cc4)cc3c(=O)n2CC2CCCNC2)CC1. The zero-order valence-electron chi connectivity index (χ0n) is 16.8. The van der Waals surface area contributed by atoms with E-state index in [2.05, 4.69) is 12.2 Å². The summed E-state index contributed by atoms with van der Waals surface area (Å²) < 4.78 is 1.97. The number of fused-ring (bicyclic) bond motifs is 1. The van der Waals surface area contributed by atoms with Gasteiger partial charge in [0.25, 0.3) is 5.56 Å². The molecule has 1 saturated heterocycles. The van der Waals surface area contributed by atoms with E-state index in [9.17, 15) is 9.90 Å². The maximum Gasteiger partial charge on any atom is 0.261 e. The zero-order chi connectivity index (χ0) is 20.0. The maximum absolute atomic E-state index is 13.6. The number of aromatic hydroxyl groups is 1. The number of hydrogen-bond donors (Lipinski definition) is 2. The molecule has 2 heterocycles. The summed E-state index contributed by atoms with van der Waals surface area (Å²) in [5, 5.41) is 13.7. The van der Waals surface area contributed by atoms with Gasteiger partial charge in [-0.1, -0.05) is 25.1 Å². The first kappa shape index (κ1) is 18.4. The van der Waals surface area contributed by atoms with E-state index in [0.717, 1.165) is 67.8 Å². The monoisotopic (exact) mass is 389 g/mol. The summed E-state index contributed by atoms with van der Waals surface area (Å²) in [7, 11) is 0. The van der Waals surface area contributed by atoms with Crippen molar-refractivity contribution in [2.45, 2.75) is 44.6 Å². The standard InChI is InChI=1S/C24H27N3O2/c1-24(10-11-24)23-26-21-9-6-18(17-4-7-19(28)8-5-17)13-20(21)22(29)27(23)15-16-3-2-12-25-14-16/h4-9,13,16,25,28H,2-3,10-12,14-15H2,1H3. The predicted octanol–water partition coefficient (Wildman–Crippen LogP) is 3.82. The van der Waals surface area contributed by atoms with Crippen LogP contribution in [-0.2, 0) is 12.0 Å². The largest absolute Gasteiger partial charge is 0.508 e. The molecule has 2 aromatic carbocycles. The number of hydrogen-bond acceptors (Lipinski definition) is 4. The Labute approximate surface area is 170 Å². The van der Waals surface area contributed by atoms with Gasteiger partial charge in [-0.05, 0) is 80.1 Å². The van der Waals surface area contributed by atoms with Crippen LogP contribution in [0.2, 0.25) is 0 Å². The maximum atomic E-state index is 13.6. The van der Waals surface area contributed by atoms with Crippen molar-refractivity contribution in [1.29, 1.82) is 0 Å². The topological polar surface area (TPSA) is 67.2 Å². The summed E-state index contributed by atoms with van der Waals surface area (Å²) in [6, 6.07) is 13.0. The number of phenols is 1. The molecular formula is C24H27N3O2. The summed E-state index contributed by atoms with van der Waals surface area (Å²) in [5.41, 5.74) is 2.83. The molecule has 0 radical (unpaired) electrons. The molecule has 0 bridgehead atoms. The number of benzene rings is 2. The van der Waals surface area contributed by atoms with Gasteiger partial charge in [-0.3, -0.25) is 9.36 Å². The van der Waals surface area contributed by atoms with Gasteiger partial charge in [-0.15, -0.1) is 0 Å². The fraction of sp³-hybridized carbons (Fsp3) is 0.417. The summed E-state index contributed by atoms with van der Waals surface area (Å²) in [6.07, 6.45) is 4.51. The highest BCUT2D eigenvalue weighted by atomic mass is 16.3. The Morgan fingerprint density at radius 1 is 1.17 bits per heavy atom. The van der Waals surface area contributed by atoms with Crippen LogP contribution < -0.4 is 10.9 Å². The molecule has 2 aliphatic rings. The Morgan fingerprint density at radius 2 is 1.93 bits per heavy atom. The van der Waals surface area contributed by atoms with Crippen molar-refractivity contribution >= 4 is 10.9 Å². The lowest BCUT2D eigenvalue weighted by molar-refractivity contribution is 0.325. The first-order valence-corrected chi connectivity index (χ1v) is 10.6. The number of phenolic OH excluding ortho intramolecular Hbond substituents is 1. The molecule has 1 unspecified atom stereocenters. The van der Waals surface area contributed by atoms with Crippen LogP contribution in [0.1, 0.15) is 38.4 Å². The molecule has 2 N–H and O–H groups in total. The molecule has 1 aromatic heterocycles. The van der Waals surface area contributed by atoms with Gasteiger partial charge in [-0.25, -0.2) is 4.98 Å². The molecule has 1 aliphatic carbocycles. The van der Waals surface area contributed by atoms with Gasteiger partial charge in [-0.2, -0.15) is 0 Å². The highest BCUT2D eigenvalue weighted by molar-refractivity contribution is 5.84. The third kappa shape index (κ3) is 3.44. The van der Waals surface area contributed by atoms with Gasteiger partial charge in [0.2, 0.25) is 0 Å². The molecule has 5 heteroatoms. The minimum atomic E-state index is 0.0328. The van der Waals surface area contributed by atoms with E-state index in [-0.39, 0.29) is 16.7 Å². The number of piperidine rings is 1. The van der Waals surface area contributed by atoms with Gasteiger partial charge in [0.15, 0.2) is 0 Å². The van der Waals surface area contributed by atoms with Gasteiger partial charge in [0.05, 0.1) is 10.9 Å². The third-order valence-electron chi connectivity index (χ3n) is 6.53. The number of nitrogens with zero attached hydrogens (tertiary/aromatic N) is 2. The molecule has 29 heavy (non-hydrogen) atoms. The van der Waals surface area contributed by atoms with E-state index in [4.69, 9.17) is 4.98 Å². The lowest BCUT2D eigenvalue weighted by Gasteiger charge is -2.26. The second-order valence-corrected chi connectivity index (χ2v) is 8.90. The van der Waals surface area contributed by atoms with Crippen LogP contribution in [0.5, 0.6) is 5.75 Å². The van der Waals surface area contributed by atoms with Crippen molar-refractivity contribution < 1.29 is 5.11 Å². The first-order valence-electron chi connectivity index (χ1n) is 10.6. The van der Waals surface area contributed by atoms with Crippen molar-refractivity contribution in [2.75, 3.05) is 13.1 Å². The van der Waals surface area contributed by atoms with E-state index in [1.165, 1.54) is 0 Å². The summed E-state index contributed by atoms with van der Waals surface area (Å²) in [5.74, 6) is 1.67. The molecule has 5 nitrogen and oxygen atoms in total. The lowest BCUT2D eigenvalue weighted by Crippen LogP contribution is -2.37. The third-order valence-corrected chi connectivity index (χ3v) is 6.53. The molecule has 2 fully saturated rings. The normalized spacial score (nSPS) is 20.7. The average molecular weight is 389 g/mol. The van der Waals surface area contributed by atoms with Gasteiger partial charge >= 0.3 is 0 Å². The van der Waals surface area contributed by atoms with E-state index in [1.807, 2.05) is 34.9 Å². The van der Waals surface area contributed by atoms with Crippen LogP contribution in [0.4, 0.5) is 0 Å². The molecule has 1 aliphatic heterocycles. The quantitative estimate of drug-likeness (QED) is 0.712. The van der Waals surface area contributed by atoms with Crippen molar-refractivity contribution in [2.24, 2.45) is 5.92 Å². The fourth-order valence-electron chi connectivity index (χ4n) is 4.43. The minimum Gasteiger partial charge on any atom is -0.508 e. The van der Waals surface area contributed by atoms with Crippen LogP contribution in [0.25, 0.3) is 22.0 Å². The van der Waals surface area contributed by atoms with Crippen LogP contribution in [0, 0.1) is 5.92 Å². The van der Waals surface area contributed by atoms with Crippen LogP contribution >= 0.6 is 0 Å². The summed E-state index contributed by atoms with van der Waals surface area (Å²) in [4.78, 5) is 18.6. The van der Waals surface area contributed by atoms with Gasteiger partial charge in [0.1, 0.15) is 11.6 Å². The summed E-state index contributed by atoms with van der Waals surface area (Å²) in [6.45, 7) is 5.00. The van der Waals surface area contributed by atoms with E-state index in [0.29, 0.717) is 11.3 Å². The Morgan fingerprint density at radius 3 is 2.62 bits per heavy atom. The minimum absolute atomic E-state index is 0.0328. The van der Waals surface area contributed by atoms with E-state index in [1.54, 1.807) is 12.1 Å². The first-order chi connectivity index (χ1) is 14.0. The average Bonchev–Trinajstić information content (AvgIpc) is 3.49. The molecule has 1 saturated carbocycles. The second kappa shape index (κ2) is 6.99. The summed E-state index contributed by atoms with van der Waals surface area (Å²) >= 11 is 0. The number of rotatable bonds is 4. The van der Waals surface area contributed by atoms with Gasteiger partial charge in [0, 0.05) is 12.0 Å². The van der Waals surface area contributed by atoms with E-state index < -0.39 is 0 Å². The lowest BCUT2D eigenvalue weighted by atomic mass is 9.98. The molecule has 1 atom stereocenters. The number of aromatic nitrogens is 2. The fourth-order valence-corrected chi connectivity index (χ4v) is 4.43. The second-order valence-electron chi connectivity index (χ2n) is 8.90. The van der Waals surface area contributed by atoms with Crippen molar-refractivity contribution in [3.63, 3.8) is 0 Å². The van der Waals surface area contributed by atoms with Crippen LogP contribution in [0.15, 0.2) is 47.3 Å². The van der Waals surface area contributed by atoms with Crippen molar-refractivity contribution in [3.8, 4) is 16.9 Å². The molecule has 0 spiro atoms. The van der Waals surface area contributed by atoms with Gasteiger partial charge < -0.3 is 10.4 Å². The Hall–Kier alpha value is -2.66. The van der Waals surface area contributed by atoms with E-state index >= 15 is 0 Å². The van der Waals surface area contributed by atoms with Crippen molar-refractivity contribution in [3.05, 3.63) is 58.6 Å². The Bertz CT molecular complexity index is 1110. The molecule has 0 amide bonds. The molecule has 5 rings (SSSR count). The van der Waals surface area contributed by atoms with Crippen LogP contribution in [0.3, 0.4) is 0 Å². The zero-order valence-corrected chi connectivity index (χ0v) is 16.8. The smallest absolute Gasteiger partial charge is 0.261 e. The Balaban J connectivity index is 1.63. The highest BCUT2D eigenvalue weighted by Gasteiger charge is 2.43. The molecular weight excluding hydrogens is 362 g/mol.